The highest BCUT2D eigenvalue weighted by atomic mass is 35.5. The van der Waals surface area contributed by atoms with Gasteiger partial charge in [0, 0.05) is 22.9 Å². The summed E-state index contributed by atoms with van der Waals surface area (Å²) in [6.07, 6.45) is 0.0352. The van der Waals surface area contributed by atoms with Crippen LogP contribution in [-0.2, 0) is 11.2 Å². The predicted octanol–water partition coefficient (Wildman–Crippen LogP) is 2.38. The summed E-state index contributed by atoms with van der Waals surface area (Å²) in [7, 11) is 0. The molecule has 0 amide bonds. The molecule has 1 fully saturated rings. The van der Waals surface area contributed by atoms with Gasteiger partial charge in [-0.05, 0) is 11.6 Å². The van der Waals surface area contributed by atoms with E-state index in [1.165, 1.54) is 0 Å². The first-order chi connectivity index (χ1) is 7.77. The van der Waals surface area contributed by atoms with E-state index < -0.39 is 6.10 Å². The zero-order valence-electron chi connectivity index (χ0n) is 8.93. The maximum absolute atomic E-state index is 10.1. The van der Waals surface area contributed by atoms with Gasteiger partial charge >= 0.3 is 0 Å². The molecule has 0 bridgehead atoms. The molecular formula is C12H15ClO2S. The Labute approximate surface area is 105 Å². The lowest BCUT2D eigenvalue weighted by Gasteiger charge is -2.27. The van der Waals surface area contributed by atoms with Gasteiger partial charge in [-0.3, -0.25) is 0 Å². The minimum atomic E-state index is -0.465. The summed E-state index contributed by atoms with van der Waals surface area (Å²) in [5, 5.41) is 10.8. The molecule has 1 aliphatic rings. The second kappa shape index (κ2) is 5.92. The second-order valence-electron chi connectivity index (χ2n) is 3.85. The summed E-state index contributed by atoms with van der Waals surface area (Å²) in [6.45, 7) is 0.731. The molecule has 1 saturated heterocycles. The lowest BCUT2D eigenvalue weighted by molar-refractivity contribution is -0.0207. The van der Waals surface area contributed by atoms with Gasteiger partial charge in [0.05, 0.1) is 18.8 Å². The minimum Gasteiger partial charge on any atom is -0.390 e. The molecule has 1 heterocycles. The molecule has 2 nitrogen and oxygen atoms in total. The summed E-state index contributed by atoms with van der Waals surface area (Å²) in [5.74, 6) is 1.89. The molecular weight excluding hydrogens is 244 g/mol. The Balaban J connectivity index is 1.96. The van der Waals surface area contributed by atoms with Crippen molar-refractivity contribution in [2.75, 3.05) is 18.1 Å². The number of ether oxygens (including phenoxy) is 1. The second-order valence-corrected chi connectivity index (χ2v) is 5.40. The Morgan fingerprint density at radius 3 is 3.00 bits per heavy atom. The van der Waals surface area contributed by atoms with E-state index in [1.54, 1.807) is 0 Å². The molecule has 0 saturated carbocycles. The number of hydrogen-bond donors (Lipinski definition) is 1. The van der Waals surface area contributed by atoms with E-state index in [-0.39, 0.29) is 6.10 Å². The Bertz CT molecular complexity index is 340. The Kier molecular flexibility index (Phi) is 4.53. The average molecular weight is 259 g/mol. The van der Waals surface area contributed by atoms with Crippen molar-refractivity contribution < 1.29 is 9.84 Å². The van der Waals surface area contributed by atoms with Crippen molar-refractivity contribution >= 4 is 23.4 Å². The van der Waals surface area contributed by atoms with Crippen molar-refractivity contribution in [1.29, 1.82) is 0 Å². The monoisotopic (exact) mass is 258 g/mol. The maximum atomic E-state index is 10.1. The van der Waals surface area contributed by atoms with Crippen molar-refractivity contribution in [3.63, 3.8) is 0 Å². The van der Waals surface area contributed by atoms with Crippen molar-refractivity contribution in [2.24, 2.45) is 0 Å². The highest BCUT2D eigenvalue weighted by Gasteiger charge is 2.23. The summed E-state index contributed by atoms with van der Waals surface area (Å²) in [5.41, 5.74) is 0.982. The molecule has 0 aromatic heterocycles. The Morgan fingerprint density at radius 1 is 1.50 bits per heavy atom. The van der Waals surface area contributed by atoms with Crippen LogP contribution in [0.15, 0.2) is 24.3 Å². The van der Waals surface area contributed by atoms with Gasteiger partial charge < -0.3 is 9.84 Å². The molecule has 0 aliphatic carbocycles. The Hall–Kier alpha value is -0.220. The topological polar surface area (TPSA) is 29.5 Å². The molecule has 0 spiro atoms. The maximum Gasteiger partial charge on any atom is 0.0927 e. The summed E-state index contributed by atoms with van der Waals surface area (Å²) < 4.78 is 5.54. The molecule has 2 rings (SSSR count). The van der Waals surface area contributed by atoms with Gasteiger partial charge in [-0.1, -0.05) is 29.8 Å². The molecule has 1 N–H and O–H groups in total. The van der Waals surface area contributed by atoms with Gasteiger partial charge in [-0.15, -0.1) is 0 Å². The van der Waals surface area contributed by atoms with E-state index in [0.717, 1.165) is 23.7 Å². The highest BCUT2D eigenvalue weighted by Crippen LogP contribution is 2.21. The van der Waals surface area contributed by atoms with Crippen LogP contribution in [0.25, 0.3) is 0 Å². The number of benzene rings is 1. The standard InChI is InChI=1S/C12H15ClO2S/c13-10-4-2-1-3-9(10)7-11(14)12-8-16-6-5-15-12/h1-4,11-12,14H,5-8H2. The van der Waals surface area contributed by atoms with Crippen molar-refractivity contribution in [2.45, 2.75) is 18.6 Å². The fourth-order valence-corrected chi connectivity index (χ4v) is 2.89. The largest absolute Gasteiger partial charge is 0.390 e. The number of rotatable bonds is 3. The van der Waals surface area contributed by atoms with Crippen LogP contribution in [0.4, 0.5) is 0 Å². The van der Waals surface area contributed by atoms with E-state index in [4.69, 9.17) is 16.3 Å². The van der Waals surface area contributed by atoms with Crippen LogP contribution < -0.4 is 0 Å². The lowest BCUT2D eigenvalue weighted by Crippen LogP contribution is -2.36. The molecule has 16 heavy (non-hydrogen) atoms. The van der Waals surface area contributed by atoms with Crippen LogP contribution in [0.1, 0.15) is 5.56 Å². The SMILES string of the molecule is OC(Cc1ccccc1Cl)C1CSCCO1. The first-order valence-corrected chi connectivity index (χ1v) is 6.91. The van der Waals surface area contributed by atoms with E-state index in [1.807, 2.05) is 36.0 Å². The highest BCUT2D eigenvalue weighted by molar-refractivity contribution is 7.99. The van der Waals surface area contributed by atoms with Gasteiger partial charge in [0.15, 0.2) is 0 Å². The number of halogens is 1. The zero-order chi connectivity index (χ0) is 11.4. The molecule has 1 aromatic rings. The molecule has 4 heteroatoms. The lowest BCUT2D eigenvalue weighted by atomic mass is 10.0. The van der Waals surface area contributed by atoms with E-state index in [0.29, 0.717) is 11.4 Å². The Morgan fingerprint density at radius 2 is 2.31 bits per heavy atom. The van der Waals surface area contributed by atoms with Gasteiger partial charge in [-0.25, -0.2) is 0 Å². The fraction of sp³-hybridized carbons (Fsp3) is 0.500. The minimum absolute atomic E-state index is 0.0602. The molecule has 88 valence electrons. The van der Waals surface area contributed by atoms with Crippen molar-refractivity contribution in [3.05, 3.63) is 34.9 Å². The fourth-order valence-electron chi connectivity index (χ4n) is 1.75. The smallest absolute Gasteiger partial charge is 0.0927 e. The van der Waals surface area contributed by atoms with Crippen LogP contribution in [0, 0.1) is 0 Å². The van der Waals surface area contributed by atoms with Gasteiger partial charge in [0.1, 0.15) is 0 Å². The average Bonchev–Trinajstić information content (AvgIpc) is 2.33. The van der Waals surface area contributed by atoms with Crippen LogP contribution in [0.3, 0.4) is 0 Å². The van der Waals surface area contributed by atoms with Crippen molar-refractivity contribution in [1.82, 2.24) is 0 Å². The molecule has 0 radical (unpaired) electrons. The molecule has 2 unspecified atom stereocenters. The van der Waals surface area contributed by atoms with Crippen LogP contribution in [0.2, 0.25) is 5.02 Å². The van der Waals surface area contributed by atoms with E-state index in [2.05, 4.69) is 0 Å². The quantitative estimate of drug-likeness (QED) is 0.903. The number of aliphatic hydroxyl groups excluding tert-OH is 1. The van der Waals surface area contributed by atoms with Crippen LogP contribution in [0.5, 0.6) is 0 Å². The summed E-state index contributed by atoms with van der Waals surface area (Å²) in [6, 6.07) is 7.62. The van der Waals surface area contributed by atoms with Gasteiger partial charge in [-0.2, -0.15) is 11.8 Å². The molecule has 2 atom stereocenters. The zero-order valence-corrected chi connectivity index (χ0v) is 10.5. The number of hydrogen-bond acceptors (Lipinski definition) is 3. The third-order valence-corrected chi connectivity index (χ3v) is 4.05. The molecule has 1 aromatic carbocycles. The summed E-state index contributed by atoms with van der Waals surface area (Å²) >= 11 is 7.88. The van der Waals surface area contributed by atoms with Gasteiger partial charge in [0.2, 0.25) is 0 Å². The predicted molar refractivity (Wildman–Crippen MR) is 68.2 cm³/mol. The first-order valence-electron chi connectivity index (χ1n) is 5.38. The van der Waals surface area contributed by atoms with Crippen LogP contribution in [-0.4, -0.2) is 35.4 Å². The number of thioether (sulfide) groups is 1. The third kappa shape index (κ3) is 3.14. The molecule has 1 aliphatic heterocycles. The van der Waals surface area contributed by atoms with Crippen molar-refractivity contribution in [3.8, 4) is 0 Å². The van der Waals surface area contributed by atoms with Gasteiger partial charge in [0.25, 0.3) is 0 Å². The third-order valence-electron chi connectivity index (χ3n) is 2.66. The normalized spacial score (nSPS) is 23.0. The van der Waals surface area contributed by atoms with E-state index >= 15 is 0 Å². The number of aliphatic hydroxyl groups is 1. The summed E-state index contributed by atoms with van der Waals surface area (Å²) in [4.78, 5) is 0. The first kappa shape index (κ1) is 12.2. The van der Waals surface area contributed by atoms with Crippen LogP contribution >= 0.6 is 23.4 Å². The van der Waals surface area contributed by atoms with E-state index in [9.17, 15) is 5.11 Å².